The molecule has 2 atom stereocenters. The molecule has 0 N–H and O–H groups in total. The first-order valence-corrected chi connectivity index (χ1v) is 13.6. The van der Waals surface area contributed by atoms with Crippen molar-refractivity contribution in [1.82, 2.24) is 19.8 Å². The normalized spacial score (nSPS) is 32.9. The van der Waals surface area contributed by atoms with Crippen LogP contribution in [-0.4, -0.2) is 70.1 Å². The van der Waals surface area contributed by atoms with Gasteiger partial charge in [0.15, 0.2) is 0 Å². The number of piperidine rings is 1. The van der Waals surface area contributed by atoms with Gasteiger partial charge in [0.1, 0.15) is 11.6 Å². The molecule has 0 aromatic carbocycles. The van der Waals surface area contributed by atoms with Gasteiger partial charge < -0.3 is 9.80 Å². The molecular formula is C27H45N5. The van der Waals surface area contributed by atoms with Crippen LogP contribution in [0.25, 0.3) is 0 Å². The molecule has 1 aromatic rings. The zero-order valence-corrected chi connectivity index (χ0v) is 20.9. The maximum absolute atomic E-state index is 5.18. The van der Waals surface area contributed by atoms with Gasteiger partial charge in [0.2, 0.25) is 0 Å². The Morgan fingerprint density at radius 1 is 0.812 bits per heavy atom. The summed E-state index contributed by atoms with van der Waals surface area (Å²) in [6, 6.07) is 4.89. The molecule has 3 saturated heterocycles. The molecule has 2 unspecified atom stereocenters. The van der Waals surface area contributed by atoms with E-state index >= 15 is 0 Å². The lowest BCUT2D eigenvalue weighted by atomic mass is 9.78. The first-order valence-electron chi connectivity index (χ1n) is 13.6. The topological polar surface area (TPSA) is 35.5 Å². The summed E-state index contributed by atoms with van der Waals surface area (Å²) in [7, 11) is 0. The van der Waals surface area contributed by atoms with Gasteiger partial charge in [-0.05, 0) is 96.2 Å². The molecule has 4 heterocycles. The van der Waals surface area contributed by atoms with E-state index in [1.807, 2.05) is 6.20 Å². The van der Waals surface area contributed by atoms with Gasteiger partial charge in [-0.25, -0.2) is 9.97 Å². The fourth-order valence-corrected chi connectivity index (χ4v) is 7.09. The number of anilines is 1. The van der Waals surface area contributed by atoms with E-state index in [2.05, 4.69) is 48.5 Å². The minimum Gasteiger partial charge on any atom is -0.348 e. The van der Waals surface area contributed by atoms with Crippen molar-refractivity contribution in [2.24, 2.45) is 11.8 Å². The summed E-state index contributed by atoms with van der Waals surface area (Å²) in [6.07, 6.45) is 12.8. The van der Waals surface area contributed by atoms with Crippen LogP contribution in [0, 0.1) is 11.8 Å². The lowest BCUT2D eigenvalue weighted by Crippen LogP contribution is -2.55. The van der Waals surface area contributed by atoms with Gasteiger partial charge in [0, 0.05) is 49.4 Å². The van der Waals surface area contributed by atoms with Crippen LogP contribution in [0.1, 0.15) is 90.8 Å². The molecule has 4 fully saturated rings. The first-order chi connectivity index (χ1) is 15.5. The monoisotopic (exact) mass is 439 g/mol. The molecule has 32 heavy (non-hydrogen) atoms. The van der Waals surface area contributed by atoms with Crippen molar-refractivity contribution >= 4 is 5.82 Å². The Balaban J connectivity index is 1.19. The van der Waals surface area contributed by atoms with E-state index in [0.717, 1.165) is 23.7 Å². The Kier molecular flexibility index (Phi) is 6.76. The molecule has 3 aliphatic heterocycles. The van der Waals surface area contributed by atoms with Gasteiger partial charge in [-0.15, -0.1) is 0 Å². The Morgan fingerprint density at radius 3 is 2.03 bits per heavy atom. The number of nitrogens with zero attached hydrogens (tertiary/aromatic N) is 5. The molecule has 5 rings (SSSR count). The average Bonchev–Trinajstić information content (AvgIpc) is 3.08. The summed E-state index contributed by atoms with van der Waals surface area (Å²) in [5.41, 5.74) is 0. The van der Waals surface area contributed by atoms with Crippen LogP contribution < -0.4 is 4.90 Å². The molecule has 2 bridgehead atoms. The number of rotatable bonds is 5. The van der Waals surface area contributed by atoms with Crippen LogP contribution in [0.3, 0.4) is 0 Å². The van der Waals surface area contributed by atoms with Crippen LogP contribution in [0.15, 0.2) is 12.3 Å². The first kappa shape index (κ1) is 22.6. The van der Waals surface area contributed by atoms with Gasteiger partial charge in [0.25, 0.3) is 0 Å². The van der Waals surface area contributed by atoms with Crippen molar-refractivity contribution in [3.63, 3.8) is 0 Å². The van der Waals surface area contributed by atoms with Gasteiger partial charge in [-0.1, -0.05) is 13.8 Å². The number of fused-ring (bicyclic) bond motifs is 2. The van der Waals surface area contributed by atoms with Crippen molar-refractivity contribution in [2.45, 2.75) is 109 Å². The fourth-order valence-electron chi connectivity index (χ4n) is 7.09. The maximum atomic E-state index is 5.18. The Hall–Kier alpha value is -1.20. The third-order valence-corrected chi connectivity index (χ3v) is 9.26. The van der Waals surface area contributed by atoms with Gasteiger partial charge in [0.05, 0.1) is 0 Å². The van der Waals surface area contributed by atoms with E-state index in [9.17, 15) is 0 Å². The molecule has 178 valence electrons. The highest BCUT2D eigenvalue weighted by Gasteiger charge is 2.41. The number of hydrogen-bond donors (Lipinski definition) is 0. The summed E-state index contributed by atoms with van der Waals surface area (Å²) in [5.74, 6) is 4.65. The molecule has 1 aromatic heterocycles. The van der Waals surface area contributed by atoms with Crippen molar-refractivity contribution in [3.8, 4) is 0 Å². The zero-order valence-electron chi connectivity index (χ0n) is 20.9. The highest BCUT2D eigenvalue weighted by atomic mass is 15.4. The quantitative estimate of drug-likeness (QED) is 0.650. The summed E-state index contributed by atoms with van der Waals surface area (Å²) in [5, 5.41) is 0. The molecule has 0 spiro atoms. The highest BCUT2D eigenvalue weighted by molar-refractivity contribution is 5.44. The Bertz CT molecular complexity index is 734. The second-order valence-corrected chi connectivity index (χ2v) is 11.7. The summed E-state index contributed by atoms with van der Waals surface area (Å²) in [6.45, 7) is 14.3. The molecule has 0 amide bonds. The largest absolute Gasteiger partial charge is 0.348 e. The third kappa shape index (κ3) is 4.57. The second-order valence-electron chi connectivity index (χ2n) is 11.7. The summed E-state index contributed by atoms with van der Waals surface area (Å²) >= 11 is 0. The smallest absolute Gasteiger partial charge is 0.133 e. The second kappa shape index (κ2) is 9.58. The molecular weight excluding hydrogens is 394 g/mol. The number of aromatic nitrogens is 2. The van der Waals surface area contributed by atoms with E-state index in [1.165, 1.54) is 83.4 Å². The number of hydrogen-bond acceptors (Lipinski definition) is 5. The number of likely N-dealkylation sites (tertiary alicyclic amines) is 2. The predicted octanol–water partition coefficient (Wildman–Crippen LogP) is 4.93. The summed E-state index contributed by atoms with van der Waals surface area (Å²) < 4.78 is 0. The zero-order chi connectivity index (χ0) is 22.2. The lowest BCUT2D eigenvalue weighted by molar-refractivity contribution is 0.0972. The highest BCUT2D eigenvalue weighted by Crippen LogP contribution is 2.37. The van der Waals surface area contributed by atoms with Crippen molar-refractivity contribution < 1.29 is 0 Å². The third-order valence-electron chi connectivity index (χ3n) is 9.26. The van der Waals surface area contributed by atoms with Gasteiger partial charge in [-0.2, -0.15) is 0 Å². The van der Waals surface area contributed by atoms with Crippen LogP contribution in [0.2, 0.25) is 0 Å². The minimum absolute atomic E-state index is 0.535. The van der Waals surface area contributed by atoms with Crippen molar-refractivity contribution in [3.05, 3.63) is 18.1 Å². The van der Waals surface area contributed by atoms with E-state index in [-0.39, 0.29) is 0 Å². The molecule has 4 aliphatic rings. The SMILES string of the molecule is CC(C)N1CC2CCC(C1)N2c1ccnc(C2CCN([C@H]3CC[C@H](C(C)C)CC3)CC2)n1. The van der Waals surface area contributed by atoms with Crippen LogP contribution in [0.5, 0.6) is 0 Å². The lowest BCUT2D eigenvalue weighted by Gasteiger charge is -2.43. The Morgan fingerprint density at radius 2 is 1.44 bits per heavy atom. The Labute approximate surface area is 196 Å². The van der Waals surface area contributed by atoms with Crippen LogP contribution >= 0.6 is 0 Å². The number of piperazine rings is 1. The van der Waals surface area contributed by atoms with Crippen LogP contribution in [0.4, 0.5) is 5.82 Å². The van der Waals surface area contributed by atoms with E-state index in [0.29, 0.717) is 24.0 Å². The molecule has 1 aliphatic carbocycles. The fraction of sp³-hybridized carbons (Fsp3) is 0.852. The van der Waals surface area contributed by atoms with Crippen molar-refractivity contribution in [2.75, 3.05) is 31.1 Å². The summed E-state index contributed by atoms with van der Waals surface area (Å²) in [4.78, 5) is 18.0. The van der Waals surface area contributed by atoms with Gasteiger partial charge >= 0.3 is 0 Å². The average molecular weight is 440 g/mol. The van der Waals surface area contributed by atoms with Crippen LogP contribution in [-0.2, 0) is 0 Å². The standard InChI is InChI=1S/C27H45N5/c1-19(2)21-5-7-23(8-6-21)30-15-12-22(13-16-30)27-28-14-11-26(29-27)32-24-9-10-25(32)18-31(17-24)20(3)4/h11,14,19-25H,5-10,12-13,15-18H2,1-4H3/t21-,23-,24?,25?. The molecule has 0 radical (unpaired) electrons. The maximum Gasteiger partial charge on any atom is 0.133 e. The van der Waals surface area contributed by atoms with E-state index in [4.69, 9.17) is 9.97 Å². The van der Waals surface area contributed by atoms with Gasteiger partial charge in [-0.3, -0.25) is 4.90 Å². The molecule has 5 heteroatoms. The molecule has 5 nitrogen and oxygen atoms in total. The van der Waals surface area contributed by atoms with E-state index in [1.54, 1.807) is 0 Å². The molecule has 1 saturated carbocycles. The minimum atomic E-state index is 0.535. The van der Waals surface area contributed by atoms with Crippen molar-refractivity contribution in [1.29, 1.82) is 0 Å². The van der Waals surface area contributed by atoms with E-state index < -0.39 is 0 Å². The predicted molar refractivity (Wildman–Crippen MR) is 132 cm³/mol.